The lowest BCUT2D eigenvalue weighted by Crippen LogP contribution is -2.43. The first-order chi connectivity index (χ1) is 11.5. The number of hydrogen-bond acceptors (Lipinski definition) is 3. The zero-order chi connectivity index (χ0) is 17.1. The van der Waals surface area contributed by atoms with Gasteiger partial charge in [0.25, 0.3) is 5.91 Å². The first-order valence-corrected chi connectivity index (χ1v) is 8.76. The van der Waals surface area contributed by atoms with Gasteiger partial charge in [0.05, 0.1) is 5.02 Å². The number of hydrazine groups is 1. The number of hydrogen-bond donors (Lipinski definition) is 3. The first-order valence-electron chi connectivity index (χ1n) is 7.15. The van der Waals surface area contributed by atoms with Gasteiger partial charge in [0.1, 0.15) is 4.88 Å². The van der Waals surface area contributed by atoms with Crippen LogP contribution in [-0.4, -0.2) is 11.0 Å². The fourth-order valence-corrected chi connectivity index (χ4v) is 3.80. The molecule has 3 N–H and O–H groups in total. The van der Waals surface area contributed by atoms with Crippen LogP contribution in [0.1, 0.15) is 15.2 Å². The van der Waals surface area contributed by atoms with E-state index in [2.05, 4.69) is 16.2 Å². The predicted octanol–water partition coefficient (Wildman–Crippen LogP) is 4.49. The molecule has 0 spiro atoms. The van der Waals surface area contributed by atoms with E-state index < -0.39 is 0 Å². The maximum Gasteiger partial charge on any atom is 0.281 e. The van der Waals surface area contributed by atoms with Crippen LogP contribution >= 0.6 is 35.2 Å². The summed E-state index contributed by atoms with van der Waals surface area (Å²) in [6, 6.07) is 15.4. The van der Waals surface area contributed by atoms with Crippen molar-refractivity contribution in [2.24, 2.45) is 0 Å². The molecule has 1 amide bonds. The average molecular weight is 376 g/mol. The molecule has 0 fully saturated rings. The van der Waals surface area contributed by atoms with Gasteiger partial charge in [-0.05, 0) is 42.9 Å². The normalized spacial score (nSPS) is 10.4. The molecule has 24 heavy (non-hydrogen) atoms. The Bertz CT molecular complexity index is 923. The second-order valence-electron chi connectivity index (χ2n) is 5.14. The molecule has 0 aliphatic carbocycles. The summed E-state index contributed by atoms with van der Waals surface area (Å²) in [5.74, 6) is -0.324. The number of nitrogens with one attached hydrogen (secondary N) is 3. The number of fused-ring (bicyclic) bond motifs is 1. The maximum atomic E-state index is 12.3. The molecule has 0 atom stereocenters. The zero-order valence-corrected chi connectivity index (χ0v) is 15.1. The quantitative estimate of drug-likeness (QED) is 0.456. The Morgan fingerprint density at radius 1 is 1.12 bits per heavy atom. The molecule has 0 radical (unpaired) electrons. The van der Waals surface area contributed by atoms with Crippen LogP contribution in [0.2, 0.25) is 5.02 Å². The van der Waals surface area contributed by atoms with Gasteiger partial charge in [0, 0.05) is 15.8 Å². The summed E-state index contributed by atoms with van der Waals surface area (Å²) in [6.07, 6.45) is 0. The molecule has 7 heteroatoms. The van der Waals surface area contributed by atoms with Crippen LogP contribution in [0.5, 0.6) is 0 Å². The van der Waals surface area contributed by atoms with Gasteiger partial charge in [-0.15, -0.1) is 11.3 Å². The molecule has 1 heterocycles. The molecular formula is C17H14ClN3OS2. The third-order valence-electron chi connectivity index (χ3n) is 3.31. The molecule has 4 nitrogen and oxygen atoms in total. The van der Waals surface area contributed by atoms with Crippen molar-refractivity contribution in [1.82, 2.24) is 10.9 Å². The number of thiocarbonyl (C=S) groups is 1. The molecule has 2 aromatic carbocycles. The van der Waals surface area contributed by atoms with E-state index in [1.807, 2.05) is 55.5 Å². The minimum absolute atomic E-state index is 0.297. The Kier molecular flexibility index (Phi) is 4.99. The minimum atomic E-state index is -0.324. The van der Waals surface area contributed by atoms with E-state index in [0.717, 1.165) is 21.3 Å². The van der Waals surface area contributed by atoms with Crippen molar-refractivity contribution in [3.05, 3.63) is 64.0 Å². The van der Waals surface area contributed by atoms with Gasteiger partial charge in [0.2, 0.25) is 0 Å². The van der Waals surface area contributed by atoms with Crippen LogP contribution in [-0.2, 0) is 0 Å². The molecular weight excluding hydrogens is 362 g/mol. The SMILES string of the molecule is Cc1cccc(NC(=S)NNC(=O)c2sc3ccccc3c2Cl)c1. The number of carbonyl (C=O) groups is 1. The number of anilines is 1. The lowest BCUT2D eigenvalue weighted by molar-refractivity contribution is 0.0948. The highest BCUT2D eigenvalue weighted by Gasteiger charge is 2.16. The van der Waals surface area contributed by atoms with Crippen molar-refractivity contribution >= 4 is 61.9 Å². The third-order valence-corrected chi connectivity index (χ3v) is 5.18. The van der Waals surface area contributed by atoms with Gasteiger partial charge in [-0.2, -0.15) is 0 Å². The van der Waals surface area contributed by atoms with Gasteiger partial charge in [0.15, 0.2) is 5.11 Å². The predicted molar refractivity (Wildman–Crippen MR) is 105 cm³/mol. The van der Waals surface area contributed by atoms with Gasteiger partial charge in [-0.3, -0.25) is 15.6 Å². The van der Waals surface area contributed by atoms with E-state index in [1.165, 1.54) is 11.3 Å². The van der Waals surface area contributed by atoms with Crippen LogP contribution in [0.15, 0.2) is 48.5 Å². The van der Waals surface area contributed by atoms with Crippen LogP contribution in [0.4, 0.5) is 5.69 Å². The van der Waals surface area contributed by atoms with Crippen molar-refractivity contribution in [1.29, 1.82) is 0 Å². The van der Waals surface area contributed by atoms with E-state index in [4.69, 9.17) is 23.8 Å². The van der Waals surface area contributed by atoms with Crippen molar-refractivity contribution in [3.63, 3.8) is 0 Å². The zero-order valence-electron chi connectivity index (χ0n) is 12.7. The number of halogens is 1. The summed E-state index contributed by atoms with van der Waals surface area (Å²) in [5.41, 5.74) is 7.22. The lowest BCUT2D eigenvalue weighted by Gasteiger charge is -2.11. The van der Waals surface area contributed by atoms with E-state index in [-0.39, 0.29) is 5.91 Å². The molecule has 0 unspecified atom stereocenters. The van der Waals surface area contributed by atoms with Crippen molar-refractivity contribution in [3.8, 4) is 0 Å². The van der Waals surface area contributed by atoms with Gasteiger partial charge < -0.3 is 5.32 Å². The van der Waals surface area contributed by atoms with Crippen LogP contribution in [0.3, 0.4) is 0 Å². The standard InChI is InChI=1S/C17H14ClN3OS2/c1-10-5-4-6-11(9-10)19-17(23)21-20-16(22)15-14(18)12-7-2-3-8-13(12)24-15/h2-9H,1H3,(H,20,22)(H2,19,21,23). The molecule has 0 bridgehead atoms. The largest absolute Gasteiger partial charge is 0.331 e. The molecule has 3 rings (SSSR count). The third kappa shape index (κ3) is 3.67. The maximum absolute atomic E-state index is 12.3. The summed E-state index contributed by atoms with van der Waals surface area (Å²) < 4.78 is 0.966. The fourth-order valence-electron chi connectivity index (χ4n) is 2.22. The fraction of sp³-hybridized carbons (Fsp3) is 0.0588. The van der Waals surface area contributed by atoms with Gasteiger partial charge in [-0.25, -0.2) is 0 Å². The molecule has 3 aromatic rings. The Balaban J connectivity index is 1.64. The monoisotopic (exact) mass is 375 g/mol. The molecule has 0 aliphatic rings. The summed E-state index contributed by atoms with van der Waals surface area (Å²) in [4.78, 5) is 12.8. The first kappa shape index (κ1) is 16.7. The van der Waals surface area contributed by atoms with Gasteiger partial charge in [-0.1, -0.05) is 41.9 Å². The number of thiophene rings is 1. The number of benzene rings is 2. The summed E-state index contributed by atoms with van der Waals surface area (Å²) in [7, 11) is 0. The van der Waals surface area contributed by atoms with E-state index in [0.29, 0.717) is 15.0 Å². The van der Waals surface area contributed by atoms with Gasteiger partial charge >= 0.3 is 0 Å². The summed E-state index contributed by atoms with van der Waals surface area (Å²) in [6.45, 7) is 1.99. The topological polar surface area (TPSA) is 53.2 Å². The molecule has 0 aliphatic heterocycles. The molecule has 0 saturated carbocycles. The number of rotatable bonds is 2. The Morgan fingerprint density at radius 2 is 1.92 bits per heavy atom. The number of amides is 1. The van der Waals surface area contributed by atoms with E-state index >= 15 is 0 Å². The number of aryl methyl sites for hydroxylation is 1. The highest BCUT2D eigenvalue weighted by Crippen LogP contribution is 2.34. The van der Waals surface area contributed by atoms with Crippen molar-refractivity contribution < 1.29 is 4.79 Å². The Labute approximate surface area is 153 Å². The second kappa shape index (κ2) is 7.17. The number of carbonyl (C=O) groups excluding carboxylic acids is 1. The summed E-state index contributed by atoms with van der Waals surface area (Å²) in [5, 5.41) is 4.63. The molecule has 0 saturated heterocycles. The van der Waals surface area contributed by atoms with Crippen molar-refractivity contribution in [2.45, 2.75) is 6.92 Å². The smallest absolute Gasteiger partial charge is 0.281 e. The Morgan fingerprint density at radius 3 is 2.67 bits per heavy atom. The van der Waals surface area contributed by atoms with E-state index in [9.17, 15) is 4.79 Å². The lowest BCUT2D eigenvalue weighted by atomic mass is 10.2. The molecule has 1 aromatic heterocycles. The summed E-state index contributed by atoms with van der Waals surface area (Å²) >= 11 is 12.8. The van der Waals surface area contributed by atoms with Crippen LogP contribution in [0.25, 0.3) is 10.1 Å². The minimum Gasteiger partial charge on any atom is -0.331 e. The van der Waals surface area contributed by atoms with Crippen LogP contribution < -0.4 is 16.2 Å². The van der Waals surface area contributed by atoms with Crippen LogP contribution in [0, 0.1) is 6.92 Å². The van der Waals surface area contributed by atoms with E-state index in [1.54, 1.807) is 0 Å². The van der Waals surface area contributed by atoms with Crippen molar-refractivity contribution in [2.75, 3.05) is 5.32 Å². The Hall–Kier alpha value is -2.15. The second-order valence-corrected chi connectivity index (χ2v) is 6.98. The highest BCUT2D eigenvalue weighted by atomic mass is 35.5. The molecule has 122 valence electrons. The average Bonchev–Trinajstić information content (AvgIpc) is 2.90. The highest BCUT2D eigenvalue weighted by molar-refractivity contribution is 7.80.